The lowest BCUT2D eigenvalue weighted by Gasteiger charge is -2.22. The van der Waals surface area contributed by atoms with Gasteiger partial charge in [0.15, 0.2) is 0 Å². The molecule has 1 aromatic carbocycles. The summed E-state index contributed by atoms with van der Waals surface area (Å²) in [5.74, 6) is 0.894. The maximum absolute atomic E-state index is 11.6. The smallest absolute Gasteiger partial charge is 0.224 e. The number of amides is 2. The summed E-state index contributed by atoms with van der Waals surface area (Å²) in [5.41, 5.74) is 9.57. The first kappa shape index (κ1) is 14.8. The maximum Gasteiger partial charge on any atom is 0.224 e. The zero-order valence-electron chi connectivity index (χ0n) is 12.7. The number of fused-ring (bicyclic) bond motifs is 3. The lowest BCUT2D eigenvalue weighted by molar-refractivity contribution is -0.121. The quantitative estimate of drug-likeness (QED) is 0.761. The molecule has 0 bridgehead atoms. The summed E-state index contributed by atoms with van der Waals surface area (Å²) in [7, 11) is 0. The highest BCUT2D eigenvalue weighted by Gasteiger charge is 2.30. The molecule has 2 amide bonds. The Hall–Kier alpha value is -2.08. The van der Waals surface area contributed by atoms with E-state index < -0.39 is 0 Å². The molecule has 22 heavy (non-hydrogen) atoms. The van der Waals surface area contributed by atoms with Crippen LogP contribution in [0.15, 0.2) is 6.07 Å². The molecule has 6 heteroatoms. The number of carbonyl (C=O) groups is 2. The average Bonchev–Trinajstić information content (AvgIpc) is 2.88. The predicted molar refractivity (Wildman–Crippen MR) is 82.9 cm³/mol. The molecule has 4 N–H and O–H groups in total. The highest BCUT2D eigenvalue weighted by atomic mass is 16.5. The Morgan fingerprint density at radius 2 is 2.32 bits per heavy atom. The fourth-order valence-corrected chi connectivity index (χ4v) is 3.11. The Kier molecular flexibility index (Phi) is 4.02. The molecule has 6 nitrogen and oxygen atoms in total. The number of anilines is 1. The minimum Gasteiger partial charge on any atom is -0.488 e. The van der Waals surface area contributed by atoms with Crippen molar-refractivity contribution in [3.63, 3.8) is 0 Å². The fourth-order valence-electron chi connectivity index (χ4n) is 3.11. The van der Waals surface area contributed by atoms with Crippen molar-refractivity contribution in [2.75, 3.05) is 18.4 Å². The molecule has 118 valence electrons. The Balaban J connectivity index is 1.74. The van der Waals surface area contributed by atoms with Crippen LogP contribution in [-0.2, 0) is 22.4 Å². The van der Waals surface area contributed by atoms with Crippen LogP contribution in [0.2, 0.25) is 0 Å². The van der Waals surface area contributed by atoms with E-state index in [-0.39, 0.29) is 17.9 Å². The van der Waals surface area contributed by atoms with E-state index in [1.165, 1.54) is 0 Å². The molecule has 0 aliphatic carbocycles. The van der Waals surface area contributed by atoms with Crippen LogP contribution in [0.25, 0.3) is 0 Å². The highest BCUT2D eigenvalue weighted by molar-refractivity contribution is 5.95. The minimum atomic E-state index is -0.0553. The zero-order chi connectivity index (χ0) is 15.7. The van der Waals surface area contributed by atoms with Gasteiger partial charge in [0.05, 0.1) is 12.2 Å². The standard InChI is InChI=1S/C16H21N3O3/c1-9-6-10-7-11(8-18-13(20)4-5-17)22-16(10)12-2-3-14(21)19-15(9)12/h6,11H,2-5,7-8,17H2,1H3,(H,18,20)(H,19,21). The van der Waals surface area contributed by atoms with Gasteiger partial charge < -0.3 is 21.1 Å². The second kappa shape index (κ2) is 5.96. The van der Waals surface area contributed by atoms with E-state index >= 15 is 0 Å². The number of nitrogens with one attached hydrogen (secondary N) is 2. The van der Waals surface area contributed by atoms with E-state index in [0.717, 1.165) is 34.5 Å². The molecule has 0 spiro atoms. The SMILES string of the molecule is Cc1cc2c(c3c1NC(=O)CC3)OC(CNC(=O)CCN)C2. The number of rotatable bonds is 4. The molecule has 1 unspecified atom stereocenters. The fraction of sp³-hybridized carbons (Fsp3) is 0.500. The molecule has 2 heterocycles. The van der Waals surface area contributed by atoms with E-state index in [9.17, 15) is 9.59 Å². The van der Waals surface area contributed by atoms with E-state index in [1.807, 2.05) is 6.92 Å². The normalized spacial score (nSPS) is 19.0. The van der Waals surface area contributed by atoms with Crippen molar-refractivity contribution in [1.29, 1.82) is 0 Å². The van der Waals surface area contributed by atoms with Gasteiger partial charge in [-0.3, -0.25) is 9.59 Å². The molecule has 0 radical (unpaired) electrons. The van der Waals surface area contributed by atoms with Gasteiger partial charge in [0.2, 0.25) is 11.8 Å². The van der Waals surface area contributed by atoms with Gasteiger partial charge in [-0.1, -0.05) is 6.07 Å². The minimum absolute atomic E-state index is 0.0486. The van der Waals surface area contributed by atoms with E-state index in [4.69, 9.17) is 10.5 Å². The van der Waals surface area contributed by atoms with E-state index in [2.05, 4.69) is 16.7 Å². The topological polar surface area (TPSA) is 93.5 Å². The van der Waals surface area contributed by atoms with Crippen molar-refractivity contribution in [2.45, 2.75) is 38.7 Å². The zero-order valence-corrected chi connectivity index (χ0v) is 12.7. The summed E-state index contributed by atoms with van der Waals surface area (Å²) in [6, 6.07) is 2.07. The van der Waals surface area contributed by atoms with Crippen LogP contribution in [0.5, 0.6) is 5.75 Å². The van der Waals surface area contributed by atoms with Crippen molar-refractivity contribution in [3.05, 3.63) is 22.8 Å². The maximum atomic E-state index is 11.6. The van der Waals surface area contributed by atoms with Crippen molar-refractivity contribution < 1.29 is 14.3 Å². The van der Waals surface area contributed by atoms with Crippen LogP contribution in [0.3, 0.4) is 0 Å². The van der Waals surface area contributed by atoms with Crippen molar-refractivity contribution in [3.8, 4) is 5.75 Å². The summed E-state index contributed by atoms with van der Waals surface area (Å²) in [6.07, 6.45) is 2.25. The van der Waals surface area contributed by atoms with Crippen molar-refractivity contribution >= 4 is 17.5 Å². The summed E-state index contributed by atoms with van der Waals surface area (Å²) < 4.78 is 6.03. The molecule has 0 saturated carbocycles. The first-order chi connectivity index (χ1) is 10.6. The van der Waals surface area contributed by atoms with Gasteiger partial charge in [-0.15, -0.1) is 0 Å². The molecular weight excluding hydrogens is 282 g/mol. The van der Waals surface area contributed by atoms with Gasteiger partial charge in [-0.05, 0) is 24.5 Å². The predicted octanol–water partition coefficient (Wildman–Crippen LogP) is 0.648. The van der Waals surface area contributed by atoms with Gasteiger partial charge in [0.25, 0.3) is 0 Å². The number of carbonyl (C=O) groups excluding carboxylic acids is 2. The first-order valence-electron chi connectivity index (χ1n) is 7.67. The lowest BCUT2D eigenvalue weighted by atomic mass is 9.94. The summed E-state index contributed by atoms with van der Waals surface area (Å²) >= 11 is 0. The number of ether oxygens (including phenoxy) is 1. The van der Waals surface area contributed by atoms with E-state index in [1.54, 1.807) is 0 Å². The van der Waals surface area contributed by atoms with Gasteiger partial charge in [-0.25, -0.2) is 0 Å². The molecule has 2 aliphatic rings. The molecular formula is C16H21N3O3. The average molecular weight is 303 g/mol. The second-order valence-electron chi connectivity index (χ2n) is 5.87. The Labute approximate surface area is 129 Å². The van der Waals surface area contributed by atoms with Crippen LogP contribution < -0.4 is 21.1 Å². The number of nitrogens with two attached hydrogens (primary N) is 1. The second-order valence-corrected chi connectivity index (χ2v) is 5.87. The molecule has 1 atom stereocenters. The first-order valence-corrected chi connectivity index (χ1v) is 7.67. The third-order valence-corrected chi connectivity index (χ3v) is 4.15. The Morgan fingerprint density at radius 3 is 3.09 bits per heavy atom. The van der Waals surface area contributed by atoms with Crippen LogP contribution in [0.1, 0.15) is 29.5 Å². The number of benzene rings is 1. The van der Waals surface area contributed by atoms with Crippen LogP contribution in [0.4, 0.5) is 5.69 Å². The largest absolute Gasteiger partial charge is 0.488 e. The summed E-state index contributed by atoms with van der Waals surface area (Å²) in [5, 5.41) is 5.79. The number of aryl methyl sites for hydroxylation is 1. The molecule has 0 saturated heterocycles. The Bertz CT molecular complexity index is 628. The van der Waals surface area contributed by atoms with Gasteiger partial charge in [-0.2, -0.15) is 0 Å². The van der Waals surface area contributed by atoms with Crippen LogP contribution >= 0.6 is 0 Å². The number of hydrogen-bond acceptors (Lipinski definition) is 4. The van der Waals surface area contributed by atoms with Gasteiger partial charge >= 0.3 is 0 Å². The monoisotopic (exact) mass is 303 g/mol. The molecule has 0 fully saturated rings. The Morgan fingerprint density at radius 1 is 1.50 bits per heavy atom. The van der Waals surface area contributed by atoms with Crippen LogP contribution in [0, 0.1) is 6.92 Å². The molecule has 3 rings (SSSR count). The molecule has 2 aliphatic heterocycles. The van der Waals surface area contributed by atoms with Gasteiger partial charge in [0, 0.05) is 31.4 Å². The van der Waals surface area contributed by atoms with Crippen LogP contribution in [-0.4, -0.2) is 31.0 Å². The summed E-state index contributed by atoms with van der Waals surface area (Å²) in [6.45, 7) is 2.83. The third kappa shape index (κ3) is 2.78. The number of hydrogen-bond donors (Lipinski definition) is 3. The summed E-state index contributed by atoms with van der Waals surface area (Å²) in [4.78, 5) is 23.1. The van der Waals surface area contributed by atoms with Crippen molar-refractivity contribution in [2.24, 2.45) is 5.73 Å². The molecule has 1 aromatic rings. The third-order valence-electron chi connectivity index (χ3n) is 4.15. The molecule has 0 aromatic heterocycles. The van der Waals surface area contributed by atoms with Gasteiger partial charge in [0.1, 0.15) is 11.9 Å². The highest BCUT2D eigenvalue weighted by Crippen LogP contribution is 2.41. The van der Waals surface area contributed by atoms with E-state index in [0.29, 0.717) is 32.4 Å². The van der Waals surface area contributed by atoms with Crippen molar-refractivity contribution in [1.82, 2.24) is 5.32 Å². The lowest BCUT2D eigenvalue weighted by Crippen LogP contribution is -2.35.